The van der Waals surface area contributed by atoms with Gasteiger partial charge in [0.1, 0.15) is 17.7 Å². The van der Waals surface area contributed by atoms with E-state index < -0.39 is 23.9 Å². The molecule has 4 heterocycles. The van der Waals surface area contributed by atoms with E-state index in [1.165, 1.54) is 30.9 Å². The van der Waals surface area contributed by atoms with Crippen molar-refractivity contribution in [1.29, 1.82) is 0 Å². The average Bonchev–Trinajstić information content (AvgIpc) is 2.83. The van der Waals surface area contributed by atoms with Gasteiger partial charge in [0, 0.05) is 36.8 Å². The van der Waals surface area contributed by atoms with Gasteiger partial charge in [0.25, 0.3) is 11.8 Å². The molecular formula is C22H22F2N6O3. The molecule has 0 aliphatic carbocycles. The van der Waals surface area contributed by atoms with Crippen LogP contribution < -0.4 is 20.1 Å². The maximum absolute atomic E-state index is 14.0. The number of aromatic nitrogens is 4. The zero-order valence-corrected chi connectivity index (χ0v) is 17.8. The van der Waals surface area contributed by atoms with Crippen molar-refractivity contribution in [2.45, 2.75) is 25.6 Å². The van der Waals surface area contributed by atoms with Gasteiger partial charge in [0.2, 0.25) is 0 Å². The SMILES string of the molecule is CCOc1cc(F)cnc1Oc1cncc(-c2ncc(C(=O)N[C@H]3CNCC[C@H]3F)cn2)c1. The summed E-state index contributed by atoms with van der Waals surface area (Å²) in [7, 11) is 0. The van der Waals surface area contributed by atoms with Crippen LogP contribution in [0.1, 0.15) is 23.7 Å². The Labute approximate surface area is 188 Å². The van der Waals surface area contributed by atoms with Crippen LogP contribution >= 0.6 is 0 Å². The number of pyridine rings is 2. The highest BCUT2D eigenvalue weighted by Gasteiger charge is 2.26. The largest absolute Gasteiger partial charge is 0.488 e. The molecule has 1 aliphatic heterocycles. The Morgan fingerprint density at radius 3 is 2.76 bits per heavy atom. The molecule has 2 N–H and O–H groups in total. The Bertz CT molecular complexity index is 1120. The van der Waals surface area contributed by atoms with Crippen LogP contribution in [0.15, 0.2) is 43.1 Å². The molecule has 0 aromatic carbocycles. The second kappa shape index (κ2) is 10.3. The summed E-state index contributed by atoms with van der Waals surface area (Å²) in [6.07, 6.45) is 6.00. The predicted octanol–water partition coefficient (Wildman–Crippen LogP) is 2.69. The molecule has 1 saturated heterocycles. The molecule has 1 aliphatic rings. The number of hydrogen-bond acceptors (Lipinski definition) is 8. The zero-order chi connectivity index (χ0) is 23.2. The van der Waals surface area contributed by atoms with E-state index in [0.29, 0.717) is 43.3 Å². The molecule has 2 atom stereocenters. The minimum absolute atomic E-state index is 0.0912. The minimum atomic E-state index is -1.09. The lowest BCUT2D eigenvalue weighted by Crippen LogP contribution is -2.52. The molecule has 3 aromatic heterocycles. The van der Waals surface area contributed by atoms with Crippen LogP contribution in [0.2, 0.25) is 0 Å². The van der Waals surface area contributed by atoms with Crippen molar-refractivity contribution in [2.24, 2.45) is 0 Å². The van der Waals surface area contributed by atoms with E-state index in [4.69, 9.17) is 9.47 Å². The number of amides is 1. The summed E-state index contributed by atoms with van der Waals surface area (Å²) in [5, 5.41) is 5.72. The molecule has 33 heavy (non-hydrogen) atoms. The molecule has 0 saturated carbocycles. The number of hydrogen-bond donors (Lipinski definition) is 2. The van der Waals surface area contributed by atoms with Gasteiger partial charge in [-0.1, -0.05) is 0 Å². The summed E-state index contributed by atoms with van der Waals surface area (Å²) >= 11 is 0. The Morgan fingerprint density at radius 1 is 1.18 bits per heavy atom. The lowest BCUT2D eigenvalue weighted by molar-refractivity contribution is 0.0892. The molecule has 3 aromatic rings. The number of alkyl halides is 1. The molecule has 172 valence electrons. The van der Waals surface area contributed by atoms with Crippen LogP contribution in [-0.4, -0.2) is 57.8 Å². The van der Waals surface area contributed by atoms with Crippen LogP contribution in [-0.2, 0) is 0 Å². The first kappa shape index (κ1) is 22.5. The fourth-order valence-corrected chi connectivity index (χ4v) is 3.27. The molecule has 11 heteroatoms. The molecular weight excluding hydrogens is 434 g/mol. The van der Waals surface area contributed by atoms with Crippen molar-refractivity contribution in [3.05, 3.63) is 54.5 Å². The van der Waals surface area contributed by atoms with Gasteiger partial charge < -0.3 is 20.1 Å². The standard InChI is InChI=1S/C22H22F2N6O3/c1-2-32-19-6-15(23)10-29-22(19)33-16-5-13(7-26-11-16)20-27-8-14(9-28-20)21(31)30-18-12-25-4-3-17(18)24/h5-11,17-18,25H,2-4,12H2,1H3,(H,30,31)/t17-,18+/m1/s1. The average molecular weight is 456 g/mol. The third-order valence-electron chi connectivity index (χ3n) is 4.90. The van der Waals surface area contributed by atoms with Crippen LogP contribution in [0.4, 0.5) is 8.78 Å². The van der Waals surface area contributed by atoms with E-state index in [1.807, 2.05) is 0 Å². The Balaban J connectivity index is 1.47. The van der Waals surface area contributed by atoms with Crippen molar-refractivity contribution < 1.29 is 23.0 Å². The van der Waals surface area contributed by atoms with E-state index in [1.54, 1.807) is 13.0 Å². The smallest absolute Gasteiger partial charge is 0.262 e. The number of ether oxygens (including phenoxy) is 2. The normalized spacial score (nSPS) is 17.9. The highest BCUT2D eigenvalue weighted by molar-refractivity contribution is 5.94. The van der Waals surface area contributed by atoms with Gasteiger partial charge in [0.05, 0.1) is 30.6 Å². The highest BCUT2D eigenvalue weighted by atomic mass is 19.1. The molecule has 0 unspecified atom stereocenters. The van der Waals surface area contributed by atoms with Crippen LogP contribution in [0.5, 0.6) is 17.4 Å². The van der Waals surface area contributed by atoms with Crippen molar-refractivity contribution in [3.63, 3.8) is 0 Å². The fourth-order valence-electron chi connectivity index (χ4n) is 3.27. The highest BCUT2D eigenvalue weighted by Crippen LogP contribution is 2.30. The summed E-state index contributed by atoms with van der Waals surface area (Å²) in [5.41, 5.74) is 0.744. The van der Waals surface area contributed by atoms with Crippen LogP contribution in [0.25, 0.3) is 11.4 Å². The van der Waals surface area contributed by atoms with Gasteiger partial charge in [-0.15, -0.1) is 0 Å². The summed E-state index contributed by atoms with van der Waals surface area (Å²) in [6, 6.07) is 2.22. The van der Waals surface area contributed by atoms with E-state index in [-0.39, 0.29) is 17.2 Å². The lowest BCUT2D eigenvalue weighted by atomic mass is 10.1. The molecule has 0 spiro atoms. The number of nitrogens with zero attached hydrogens (tertiary/aromatic N) is 4. The third kappa shape index (κ3) is 5.55. The van der Waals surface area contributed by atoms with Crippen molar-refractivity contribution in [3.8, 4) is 28.8 Å². The molecule has 4 rings (SSSR count). The molecule has 1 amide bonds. The summed E-state index contributed by atoms with van der Waals surface area (Å²) in [5.74, 6) is -0.108. The van der Waals surface area contributed by atoms with Gasteiger partial charge >= 0.3 is 0 Å². The van der Waals surface area contributed by atoms with Gasteiger partial charge in [0.15, 0.2) is 11.6 Å². The summed E-state index contributed by atoms with van der Waals surface area (Å²) < 4.78 is 38.5. The molecule has 0 radical (unpaired) electrons. The number of halogens is 2. The first-order valence-corrected chi connectivity index (χ1v) is 10.4. The predicted molar refractivity (Wildman–Crippen MR) is 114 cm³/mol. The summed E-state index contributed by atoms with van der Waals surface area (Å²) in [4.78, 5) is 28.9. The Kier molecular flexibility index (Phi) is 6.98. The quantitative estimate of drug-likeness (QED) is 0.558. The molecule has 9 nitrogen and oxygen atoms in total. The first-order chi connectivity index (χ1) is 16.0. The van der Waals surface area contributed by atoms with E-state index in [2.05, 4.69) is 30.6 Å². The Morgan fingerprint density at radius 2 is 2.00 bits per heavy atom. The topological polar surface area (TPSA) is 111 Å². The first-order valence-electron chi connectivity index (χ1n) is 10.4. The second-order valence-electron chi connectivity index (χ2n) is 7.29. The lowest BCUT2D eigenvalue weighted by Gasteiger charge is -2.27. The number of nitrogens with one attached hydrogen (secondary N) is 2. The van der Waals surface area contributed by atoms with E-state index in [9.17, 15) is 13.6 Å². The summed E-state index contributed by atoms with van der Waals surface area (Å²) in [6.45, 7) is 3.04. The van der Waals surface area contributed by atoms with E-state index in [0.717, 1.165) is 6.20 Å². The van der Waals surface area contributed by atoms with E-state index >= 15 is 0 Å². The minimum Gasteiger partial charge on any atom is -0.488 e. The van der Waals surface area contributed by atoms with Crippen molar-refractivity contribution >= 4 is 5.91 Å². The second-order valence-corrected chi connectivity index (χ2v) is 7.29. The Hall–Kier alpha value is -3.73. The number of rotatable bonds is 7. The van der Waals surface area contributed by atoms with Crippen molar-refractivity contribution in [2.75, 3.05) is 19.7 Å². The monoisotopic (exact) mass is 456 g/mol. The maximum Gasteiger partial charge on any atom is 0.262 e. The zero-order valence-electron chi connectivity index (χ0n) is 17.8. The van der Waals surface area contributed by atoms with Gasteiger partial charge in [-0.25, -0.2) is 23.7 Å². The third-order valence-corrected chi connectivity index (χ3v) is 4.90. The molecule has 1 fully saturated rings. The van der Waals surface area contributed by atoms with Crippen molar-refractivity contribution in [1.82, 2.24) is 30.6 Å². The molecule has 0 bridgehead atoms. The number of piperidine rings is 1. The number of carbonyl (C=O) groups is 1. The van der Waals surface area contributed by atoms with Gasteiger partial charge in [-0.3, -0.25) is 9.78 Å². The maximum atomic E-state index is 14.0. The van der Waals surface area contributed by atoms with Crippen LogP contribution in [0.3, 0.4) is 0 Å². The van der Waals surface area contributed by atoms with Gasteiger partial charge in [-0.2, -0.15) is 0 Å². The fraction of sp³-hybridized carbons (Fsp3) is 0.318. The van der Waals surface area contributed by atoms with Gasteiger partial charge in [-0.05, 0) is 26.0 Å². The number of carbonyl (C=O) groups excluding carboxylic acids is 1. The van der Waals surface area contributed by atoms with Crippen LogP contribution in [0, 0.1) is 5.82 Å².